The SMILES string of the molecule is COc1ccc(COc2cccc3cccc(C(=O)O)c23)cc1OC. The van der Waals surface area contributed by atoms with E-state index in [1.807, 2.05) is 36.4 Å². The Kier molecular flexibility index (Phi) is 4.75. The fourth-order valence-corrected chi connectivity index (χ4v) is 2.74. The van der Waals surface area contributed by atoms with Crippen molar-refractivity contribution in [2.45, 2.75) is 6.61 Å². The van der Waals surface area contributed by atoms with Gasteiger partial charge in [-0.1, -0.05) is 30.3 Å². The fourth-order valence-electron chi connectivity index (χ4n) is 2.74. The second-order valence-electron chi connectivity index (χ2n) is 5.44. The lowest BCUT2D eigenvalue weighted by Crippen LogP contribution is -2.01. The molecule has 0 bridgehead atoms. The first-order chi connectivity index (χ1) is 12.1. The summed E-state index contributed by atoms with van der Waals surface area (Å²) < 4.78 is 16.4. The van der Waals surface area contributed by atoms with Crippen molar-refractivity contribution in [1.29, 1.82) is 0 Å². The van der Waals surface area contributed by atoms with E-state index in [1.54, 1.807) is 32.4 Å². The van der Waals surface area contributed by atoms with E-state index in [1.165, 1.54) is 0 Å². The Balaban J connectivity index is 1.93. The number of carboxylic acids is 1. The number of benzene rings is 3. The molecule has 0 aliphatic rings. The van der Waals surface area contributed by atoms with Gasteiger partial charge in [-0.05, 0) is 35.2 Å². The molecule has 0 aromatic heterocycles. The van der Waals surface area contributed by atoms with Crippen LogP contribution in [0.1, 0.15) is 15.9 Å². The molecule has 0 spiro atoms. The lowest BCUT2D eigenvalue weighted by Gasteiger charge is -2.13. The second-order valence-corrected chi connectivity index (χ2v) is 5.44. The van der Waals surface area contributed by atoms with Crippen molar-refractivity contribution in [2.75, 3.05) is 14.2 Å². The molecule has 0 fully saturated rings. The van der Waals surface area contributed by atoms with Crippen LogP contribution >= 0.6 is 0 Å². The van der Waals surface area contributed by atoms with Crippen LogP contribution in [0.15, 0.2) is 54.6 Å². The number of carbonyl (C=O) groups is 1. The molecule has 25 heavy (non-hydrogen) atoms. The Labute approximate surface area is 145 Å². The van der Waals surface area contributed by atoms with Crippen LogP contribution in [0, 0.1) is 0 Å². The molecular formula is C20H18O5. The summed E-state index contributed by atoms with van der Waals surface area (Å²) in [4.78, 5) is 11.5. The van der Waals surface area contributed by atoms with Crippen molar-refractivity contribution < 1.29 is 24.1 Å². The highest BCUT2D eigenvalue weighted by Crippen LogP contribution is 2.31. The number of hydrogen-bond donors (Lipinski definition) is 1. The minimum Gasteiger partial charge on any atom is -0.493 e. The van der Waals surface area contributed by atoms with Crippen LogP contribution in [0.3, 0.4) is 0 Å². The highest BCUT2D eigenvalue weighted by atomic mass is 16.5. The number of aromatic carboxylic acids is 1. The minimum absolute atomic E-state index is 0.223. The van der Waals surface area contributed by atoms with E-state index in [0.717, 1.165) is 10.9 Å². The third-order valence-corrected chi connectivity index (χ3v) is 3.94. The first-order valence-corrected chi connectivity index (χ1v) is 7.72. The molecule has 5 heteroatoms. The topological polar surface area (TPSA) is 65.0 Å². The maximum absolute atomic E-state index is 11.5. The molecule has 5 nitrogen and oxygen atoms in total. The largest absolute Gasteiger partial charge is 0.493 e. The van der Waals surface area contributed by atoms with Crippen molar-refractivity contribution >= 4 is 16.7 Å². The van der Waals surface area contributed by atoms with E-state index >= 15 is 0 Å². The van der Waals surface area contributed by atoms with Crippen LogP contribution in [-0.2, 0) is 6.61 Å². The monoisotopic (exact) mass is 338 g/mol. The molecule has 3 aromatic rings. The van der Waals surface area contributed by atoms with Gasteiger partial charge in [0.05, 0.1) is 19.8 Å². The van der Waals surface area contributed by atoms with Crippen molar-refractivity contribution in [2.24, 2.45) is 0 Å². The Hall–Kier alpha value is -3.21. The van der Waals surface area contributed by atoms with Gasteiger partial charge in [-0.2, -0.15) is 0 Å². The van der Waals surface area contributed by atoms with Crippen molar-refractivity contribution in [1.82, 2.24) is 0 Å². The Morgan fingerprint density at radius 3 is 2.32 bits per heavy atom. The molecule has 0 aliphatic carbocycles. The predicted octanol–water partition coefficient (Wildman–Crippen LogP) is 4.13. The predicted molar refractivity (Wildman–Crippen MR) is 94.8 cm³/mol. The minimum atomic E-state index is -0.979. The molecule has 0 unspecified atom stereocenters. The molecular weight excluding hydrogens is 320 g/mol. The van der Waals surface area contributed by atoms with Crippen molar-refractivity contribution in [3.8, 4) is 17.2 Å². The summed E-state index contributed by atoms with van der Waals surface area (Å²) in [7, 11) is 3.16. The van der Waals surface area contributed by atoms with Gasteiger partial charge in [0.1, 0.15) is 12.4 Å². The fraction of sp³-hybridized carbons (Fsp3) is 0.150. The van der Waals surface area contributed by atoms with Gasteiger partial charge in [0.2, 0.25) is 0 Å². The number of carboxylic acid groups (broad SMARTS) is 1. The zero-order chi connectivity index (χ0) is 17.8. The molecule has 0 atom stereocenters. The van der Waals surface area contributed by atoms with E-state index in [0.29, 0.717) is 22.6 Å². The molecule has 0 saturated carbocycles. The van der Waals surface area contributed by atoms with Crippen LogP contribution in [0.5, 0.6) is 17.2 Å². The van der Waals surface area contributed by atoms with E-state index < -0.39 is 5.97 Å². The number of methoxy groups -OCH3 is 2. The quantitative estimate of drug-likeness (QED) is 0.732. The normalized spacial score (nSPS) is 10.5. The van der Waals surface area contributed by atoms with Crippen molar-refractivity contribution in [3.05, 3.63) is 65.7 Å². The van der Waals surface area contributed by atoms with E-state index in [2.05, 4.69) is 0 Å². The van der Waals surface area contributed by atoms with Gasteiger partial charge in [0, 0.05) is 5.39 Å². The number of hydrogen-bond acceptors (Lipinski definition) is 4. The van der Waals surface area contributed by atoms with Crippen LogP contribution in [0.4, 0.5) is 0 Å². The van der Waals surface area contributed by atoms with Gasteiger partial charge in [-0.3, -0.25) is 0 Å². The zero-order valence-corrected chi connectivity index (χ0v) is 14.0. The van der Waals surface area contributed by atoms with E-state index in [9.17, 15) is 9.90 Å². The highest BCUT2D eigenvalue weighted by molar-refractivity contribution is 6.06. The third-order valence-electron chi connectivity index (χ3n) is 3.94. The van der Waals surface area contributed by atoms with Gasteiger partial charge in [-0.25, -0.2) is 4.79 Å². The van der Waals surface area contributed by atoms with Gasteiger partial charge in [0.25, 0.3) is 0 Å². The lowest BCUT2D eigenvalue weighted by molar-refractivity contribution is 0.0698. The molecule has 0 aliphatic heterocycles. The summed E-state index contributed by atoms with van der Waals surface area (Å²) in [6, 6.07) is 16.2. The molecule has 0 heterocycles. The molecule has 0 amide bonds. The number of fused-ring (bicyclic) bond motifs is 1. The Morgan fingerprint density at radius 1 is 0.920 bits per heavy atom. The first-order valence-electron chi connectivity index (χ1n) is 7.72. The summed E-state index contributed by atoms with van der Waals surface area (Å²) in [5.41, 5.74) is 1.11. The van der Waals surface area contributed by atoms with Crippen LogP contribution in [0.25, 0.3) is 10.8 Å². The zero-order valence-electron chi connectivity index (χ0n) is 14.0. The van der Waals surface area contributed by atoms with Crippen LogP contribution in [0.2, 0.25) is 0 Å². The average molecular weight is 338 g/mol. The number of ether oxygens (including phenoxy) is 3. The maximum atomic E-state index is 11.5. The average Bonchev–Trinajstić information content (AvgIpc) is 2.65. The van der Waals surface area contributed by atoms with Crippen LogP contribution < -0.4 is 14.2 Å². The summed E-state index contributed by atoms with van der Waals surface area (Å²) >= 11 is 0. The second kappa shape index (κ2) is 7.13. The standard InChI is InChI=1S/C20H18O5/c1-23-16-10-9-13(11-18(16)24-2)12-25-17-8-4-6-14-5-3-7-15(19(14)17)20(21)22/h3-11H,12H2,1-2H3,(H,21,22). The molecule has 1 N–H and O–H groups in total. The van der Waals surface area contributed by atoms with Crippen molar-refractivity contribution in [3.63, 3.8) is 0 Å². The highest BCUT2D eigenvalue weighted by Gasteiger charge is 2.13. The molecule has 3 rings (SSSR count). The summed E-state index contributed by atoms with van der Waals surface area (Å²) in [6.45, 7) is 0.285. The van der Waals surface area contributed by atoms with Gasteiger partial charge >= 0.3 is 5.97 Å². The number of rotatable bonds is 6. The molecule has 3 aromatic carbocycles. The van der Waals surface area contributed by atoms with Gasteiger partial charge in [-0.15, -0.1) is 0 Å². The first kappa shape index (κ1) is 16.6. The molecule has 0 radical (unpaired) electrons. The summed E-state index contributed by atoms with van der Waals surface area (Å²) in [6.07, 6.45) is 0. The lowest BCUT2D eigenvalue weighted by atomic mass is 10.0. The summed E-state index contributed by atoms with van der Waals surface area (Å²) in [5.74, 6) is 0.815. The van der Waals surface area contributed by atoms with Crippen LogP contribution in [-0.4, -0.2) is 25.3 Å². The van der Waals surface area contributed by atoms with E-state index in [4.69, 9.17) is 14.2 Å². The van der Waals surface area contributed by atoms with Gasteiger partial charge < -0.3 is 19.3 Å². The van der Waals surface area contributed by atoms with E-state index in [-0.39, 0.29) is 12.2 Å². The third kappa shape index (κ3) is 3.35. The Morgan fingerprint density at radius 2 is 1.64 bits per heavy atom. The maximum Gasteiger partial charge on any atom is 0.336 e. The molecule has 128 valence electrons. The molecule has 0 saturated heterocycles. The van der Waals surface area contributed by atoms with Gasteiger partial charge in [0.15, 0.2) is 11.5 Å². The Bertz CT molecular complexity index is 912. The smallest absolute Gasteiger partial charge is 0.336 e. The summed E-state index contributed by atoms with van der Waals surface area (Å²) in [5, 5.41) is 10.9.